The van der Waals surface area contributed by atoms with Crippen LogP contribution >= 0.6 is 0 Å². The molecule has 2 aliphatic rings. The van der Waals surface area contributed by atoms with E-state index in [-0.39, 0.29) is 36.4 Å². The first-order chi connectivity index (χ1) is 18.7. The van der Waals surface area contributed by atoms with Gasteiger partial charge >= 0.3 is 11.9 Å². The number of anilines is 1. The van der Waals surface area contributed by atoms with E-state index in [1.807, 2.05) is 6.92 Å². The van der Waals surface area contributed by atoms with Crippen molar-refractivity contribution >= 4 is 34.2 Å². The van der Waals surface area contributed by atoms with E-state index >= 15 is 0 Å². The maximum absolute atomic E-state index is 13.8. The summed E-state index contributed by atoms with van der Waals surface area (Å²) < 4.78 is 17.7. The Morgan fingerprint density at radius 1 is 1.26 bits per heavy atom. The molecule has 2 aromatic heterocycles. The fourth-order valence-corrected chi connectivity index (χ4v) is 5.55. The lowest BCUT2D eigenvalue weighted by Crippen LogP contribution is -2.47. The summed E-state index contributed by atoms with van der Waals surface area (Å²) in [4.78, 5) is 56.8. The molecule has 0 amide bonds. The summed E-state index contributed by atoms with van der Waals surface area (Å²) in [5, 5.41) is 12.2. The molecule has 0 unspecified atom stereocenters. The Balaban J connectivity index is 1.81. The number of carbonyl (C=O) groups excluding carboxylic acids is 2. The standard InChI is InChI=1S/C27H28N4O8/c1-5-27(39-15(3)32)20-12-22-23-18(13-30(22)25(33)19(20)14-38-26(27)34)24(29(6-2)9-10-37-4)17-11-16(31(35)36)7-8-21(17)28-23/h7-8,11-12H,5-6,9-10,13-14H2,1-4H3/t27-/m0/s1. The Morgan fingerprint density at radius 2 is 2.03 bits per heavy atom. The van der Waals surface area contributed by atoms with Crippen LogP contribution in [0.15, 0.2) is 29.1 Å². The van der Waals surface area contributed by atoms with Gasteiger partial charge in [0.1, 0.15) is 6.61 Å². The van der Waals surface area contributed by atoms with Gasteiger partial charge in [-0.2, -0.15) is 0 Å². The number of rotatable bonds is 8. The largest absolute Gasteiger partial charge is 0.457 e. The number of esters is 2. The number of nitro groups is 1. The van der Waals surface area contributed by atoms with Gasteiger partial charge in [0.15, 0.2) is 0 Å². The fraction of sp³-hybridized carbons (Fsp3) is 0.407. The van der Waals surface area contributed by atoms with E-state index in [4.69, 9.17) is 19.2 Å². The summed E-state index contributed by atoms with van der Waals surface area (Å²) >= 11 is 0. The van der Waals surface area contributed by atoms with Gasteiger partial charge in [-0.3, -0.25) is 19.7 Å². The van der Waals surface area contributed by atoms with Gasteiger partial charge in [0, 0.05) is 55.8 Å². The number of methoxy groups -OCH3 is 1. The molecule has 204 valence electrons. The quantitative estimate of drug-likeness (QED) is 0.187. The number of non-ortho nitro benzene ring substituents is 1. The minimum absolute atomic E-state index is 0.0683. The van der Waals surface area contributed by atoms with Crippen LogP contribution in [0, 0.1) is 10.1 Å². The number of hydrogen-bond acceptors (Lipinski definition) is 10. The van der Waals surface area contributed by atoms with Crippen molar-refractivity contribution in [3.63, 3.8) is 0 Å². The maximum atomic E-state index is 13.8. The smallest absolute Gasteiger partial charge is 0.355 e. The average Bonchev–Trinajstić information content (AvgIpc) is 3.28. The van der Waals surface area contributed by atoms with E-state index in [9.17, 15) is 24.5 Å². The summed E-state index contributed by atoms with van der Waals surface area (Å²) in [5.41, 5.74) is 1.31. The second kappa shape index (κ2) is 9.77. The second-order valence-electron chi connectivity index (χ2n) is 9.48. The molecule has 1 aromatic carbocycles. The third-order valence-corrected chi connectivity index (χ3v) is 7.40. The maximum Gasteiger partial charge on any atom is 0.355 e. The van der Waals surface area contributed by atoms with Gasteiger partial charge in [-0.1, -0.05) is 6.92 Å². The Kier molecular flexibility index (Phi) is 6.59. The molecule has 0 radical (unpaired) electrons. The molecule has 12 nitrogen and oxygen atoms in total. The number of aromatic nitrogens is 2. The van der Waals surface area contributed by atoms with Crippen LogP contribution in [0.5, 0.6) is 0 Å². The van der Waals surface area contributed by atoms with E-state index in [0.29, 0.717) is 47.6 Å². The first-order valence-corrected chi connectivity index (χ1v) is 12.7. The molecule has 0 fully saturated rings. The van der Waals surface area contributed by atoms with Crippen molar-refractivity contribution < 1.29 is 28.7 Å². The molecule has 0 bridgehead atoms. The number of hydrogen-bond donors (Lipinski definition) is 0. The summed E-state index contributed by atoms with van der Waals surface area (Å²) in [7, 11) is 1.60. The molecule has 2 aliphatic heterocycles. The van der Waals surface area contributed by atoms with Crippen LogP contribution in [0.4, 0.5) is 11.4 Å². The number of pyridine rings is 2. The van der Waals surface area contributed by atoms with Crippen LogP contribution in [0.3, 0.4) is 0 Å². The minimum atomic E-state index is -1.74. The van der Waals surface area contributed by atoms with Crippen molar-refractivity contribution in [3.05, 3.63) is 61.4 Å². The molecule has 1 atom stereocenters. The zero-order chi connectivity index (χ0) is 28.1. The molecule has 3 aromatic rings. The molecule has 0 spiro atoms. The molecule has 0 N–H and O–H groups in total. The molecule has 4 heterocycles. The van der Waals surface area contributed by atoms with Crippen molar-refractivity contribution in [2.45, 2.75) is 45.9 Å². The molecular weight excluding hydrogens is 508 g/mol. The SMILES string of the molecule is CCN(CCOC)c1c2c(nc3ccc([N+](=O)[O-])cc13)-c1cc3c(c(=O)n1C2)COC(=O)[C@@]3(CC)OC(C)=O. The van der Waals surface area contributed by atoms with E-state index in [1.165, 1.54) is 19.1 Å². The van der Waals surface area contributed by atoms with Crippen LogP contribution in [0.2, 0.25) is 0 Å². The highest BCUT2D eigenvalue weighted by Gasteiger charge is 2.50. The average molecular weight is 537 g/mol. The lowest BCUT2D eigenvalue weighted by atomic mass is 9.85. The lowest BCUT2D eigenvalue weighted by Gasteiger charge is -2.35. The molecule has 39 heavy (non-hydrogen) atoms. The van der Waals surface area contributed by atoms with E-state index < -0.39 is 22.5 Å². The Bertz CT molecular complexity index is 1600. The van der Waals surface area contributed by atoms with Crippen LogP contribution in [0.25, 0.3) is 22.3 Å². The first-order valence-electron chi connectivity index (χ1n) is 12.7. The number of carbonyl (C=O) groups is 2. The highest BCUT2D eigenvalue weighted by atomic mass is 16.6. The van der Waals surface area contributed by atoms with Crippen LogP contribution in [-0.2, 0) is 42.6 Å². The van der Waals surface area contributed by atoms with Gasteiger partial charge in [-0.25, -0.2) is 9.78 Å². The topological polar surface area (TPSA) is 143 Å². The summed E-state index contributed by atoms with van der Waals surface area (Å²) in [6, 6.07) is 6.17. The van der Waals surface area contributed by atoms with Crippen molar-refractivity contribution in [1.29, 1.82) is 0 Å². The van der Waals surface area contributed by atoms with E-state index in [0.717, 1.165) is 11.3 Å². The number of benzene rings is 1. The zero-order valence-electron chi connectivity index (χ0n) is 22.1. The van der Waals surface area contributed by atoms with Crippen LogP contribution < -0.4 is 10.5 Å². The summed E-state index contributed by atoms with van der Waals surface area (Å²) in [5.74, 6) is -1.40. The van der Waals surface area contributed by atoms with Crippen molar-refractivity contribution in [1.82, 2.24) is 9.55 Å². The summed E-state index contributed by atoms with van der Waals surface area (Å²) in [6.07, 6.45) is 0.0782. The van der Waals surface area contributed by atoms with Crippen LogP contribution in [-0.4, -0.2) is 53.2 Å². The number of cyclic esters (lactones) is 1. The predicted octanol–water partition coefficient (Wildman–Crippen LogP) is 3.03. The number of nitro benzene ring substituents is 1. The van der Waals surface area contributed by atoms with E-state index in [2.05, 4.69) is 4.90 Å². The fourth-order valence-electron chi connectivity index (χ4n) is 5.55. The predicted molar refractivity (Wildman–Crippen MR) is 140 cm³/mol. The molecule has 0 saturated heterocycles. The van der Waals surface area contributed by atoms with Gasteiger partial charge in [0.25, 0.3) is 11.2 Å². The highest BCUT2D eigenvalue weighted by Crippen LogP contribution is 2.44. The number of likely N-dealkylation sites (N-methyl/N-ethyl adjacent to an activating group) is 1. The Hall–Kier alpha value is -4.32. The van der Waals surface area contributed by atoms with Crippen molar-refractivity contribution in [2.24, 2.45) is 0 Å². The van der Waals surface area contributed by atoms with Gasteiger partial charge < -0.3 is 23.7 Å². The lowest BCUT2D eigenvalue weighted by molar-refractivity contribution is -0.384. The normalized spacial score (nSPS) is 17.3. The highest BCUT2D eigenvalue weighted by molar-refractivity contribution is 5.99. The Labute approximate surface area is 223 Å². The third-order valence-electron chi connectivity index (χ3n) is 7.40. The van der Waals surface area contributed by atoms with E-state index in [1.54, 1.807) is 30.7 Å². The molecule has 0 aliphatic carbocycles. The Morgan fingerprint density at radius 3 is 2.67 bits per heavy atom. The zero-order valence-corrected chi connectivity index (χ0v) is 22.1. The number of nitrogens with zero attached hydrogens (tertiary/aromatic N) is 4. The number of ether oxygens (including phenoxy) is 3. The van der Waals surface area contributed by atoms with Crippen molar-refractivity contribution in [3.8, 4) is 11.4 Å². The van der Waals surface area contributed by atoms with Gasteiger partial charge in [-0.15, -0.1) is 0 Å². The van der Waals surface area contributed by atoms with Gasteiger partial charge in [0.05, 0.1) is 46.2 Å². The van der Waals surface area contributed by atoms with Gasteiger partial charge in [0.2, 0.25) is 5.60 Å². The molecule has 5 rings (SSSR count). The minimum Gasteiger partial charge on any atom is -0.457 e. The molecular formula is C27H28N4O8. The summed E-state index contributed by atoms with van der Waals surface area (Å²) in [6.45, 7) is 6.29. The first kappa shape index (κ1) is 26.3. The van der Waals surface area contributed by atoms with Crippen molar-refractivity contribution in [2.75, 3.05) is 31.7 Å². The van der Waals surface area contributed by atoms with Gasteiger partial charge in [-0.05, 0) is 25.5 Å². The third kappa shape index (κ3) is 4.02. The molecule has 12 heteroatoms. The second-order valence-corrected chi connectivity index (χ2v) is 9.48. The molecule has 0 saturated carbocycles. The monoisotopic (exact) mass is 536 g/mol. The van der Waals surface area contributed by atoms with Crippen LogP contribution in [0.1, 0.15) is 43.9 Å². The number of fused-ring (bicyclic) bond motifs is 5.